The van der Waals surface area contributed by atoms with Crippen molar-refractivity contribution >= 4 is 28.9 Å². The molecule has 3 N–H and O–H groups in total. The number of nitro groups is 1. The fourth-order valence-electron chi connectivity index (χ4n) is 3.60. The topological polar surface area (TPSA) is 151 Å². The molecule has 174 valence electrons. The van der Waals surface area contributed by atoms with Crippen LogP contribution in [-0.4, -0.2) is 48.2 Å². The number of aliphatic imine (C=N–C) groups is 1. The molecule has 0 aliphatic carbocycles. The monoisotopic (exact) mass is 475 g/mol. The van der Waals surface area contributed by atoms with Gasteiger partial charge in [-0.15, -0.1) is 0 Å². The van der Waals surface area contributed by atoms with Crippen LogP contribution in [0.1, 0.15) is 18.5 Å². The van der Waals surface area contributed by atoms with Crippen molar-refractivity contribution < 1.29 is 24.2 Å². The molecule has 0 spiro atoms. The molecular weight excluding hydrogens is 454 g/mol. The van der Waals surface area contributed by atoms with Crippen molar-refractivity contribution in [2.75, 3.05) is 19.5 Å². The molecule has 0 aromatic heterocycles. The molecule has 0 radical (unpaired) electrons. The number of nitrogens with one attached hydrogen (secondary N) is 2. The molecule has 2 aromatic rings. The van der Waals surface area contributed by atoms with Crippen LogP contribution in [0.3, 0.4) is 0 Å². The fourth-order valence-corrected chi connectivity index (χ4v) is 3.73. The number of benzene rings is 2. The largest absolute Gasteiger partial charge is 0.479 e. The van der Waals surface area contributed by atoms with Crippen LogP contribution in [0, 0.1) is 21.6 Å². The summed E-state index contributed by atoms with van der Waals surface area (Å²) in [7, 11) is 2.79. The van der Waals surface area contributed by atoms with Crippen molar-refractivity contribution in [3.05, 3.63) is 63.2 Å². The highest BCUT2D eigenvalue weighted by molar-refractivity contribution is 6.30. The summed E-state index contributed by atoms with van der Waals surface area (Å²) in [6.45, 7) is 1.58. The van der Waals surface area contributed by atoms with Crippen LogP contribution in [0.2, 0.25) is 5.02 Å². The number of halogens is 1. The van der Waals surface area contributed by atoms with Crippen molar-refractivity contribution in [3.63, 3.8) is 0 Å². The molecule has 3 atom stereocenters. The summed E-state index contributed by atoms with van der Waals surface area (Å²) >= 11 is 5.92. The van der Waals surface area contributed by atoms with Crippen LogP contribution in [0.4, 0.5) is 11.4 Å². The van der Waals surface area contributed by atoms with Gasteiger partial charge in [-0.05, 0) is 37.3 Å². The zero-order chi connectivity index (χ0) is 24.2. The van der Waals surface area contributed by atoms with E-state index >= 15 is 0 Å². The van der Waals surface area contributed by atoms with Crippen LogP contribution in [0.5, 0.6) is 5.75 Å². The number of ether oxygens (including phenoxy) is 3. The quantitative estimate of drug-likeness (QED) is 0.109. The lowest BCUT2D eigenvalue weighted by Gasteiger charge is -2.45. The second-order valence-corrected chi connectivity index (χ2v) is 7.74. The van der Waals surface area contributed by atoms with Gasteiger partial charge in [-0.3, -0.25) is 15.4 Å². The summed E-state index contributed by atoms with van der Waals surface area (Å²) in [4.78, 5) is 15.3. The molecule has 0 saturated carbocycles. The van der Waals surface area contributed by atoms with Crippen molar-refractivity contribution in [2.24, 2.45) is 4.99 Å². The molecule has 2 aromatic carbocycles. The molecule has 1 aliphatic rings. The molecule has 0 unspecified atom stereocenters. The summed E-state index contributed by atoms with van der Waals surface area (Å²) in [5.41, 5.74) is -0.811. The number of nitro benzene ring substituents is 1. The predicted octanol–water partition coefficient (Wildman–Crippen LogP) is 2.96. The van der Waals surface area contributed by atoms with Gasteiger partial charge >= 0.3 is 0 Å². The van der Waals surface area contributed by atoms with E-state index in [1.54, 1.807) is 37.4 Å². The lowest BCUT2D eigenvalue weighted by molar-refractivity contribution is -0.385. The summed E-state index contributed by atoms with van der Waals surface area (Å²) < 4.78 is 16.7. The number of aliphatic hydroxyl groups is 1. The maximum absolute atomic E-state index is 11.3. The van der Waals surface area contributed by atoms with Gasteiger partial charge in [-0.25, -0.2) is 4.99 Å². The number of hydrogen-bond donors (Lipinski definition) is 3. The molecule has 0 amide bonds. The molecule has 1 heterocycles. The number of nitriles is 1. The zero-order valence-corrected chi connectivity index (χ0v) is 18.7. The van der Waals surface area contributed by atoms with E-state index in [4.69, 9.17) is 25.8 Å². The smallest absolute Gasteiger partial charge is 0.270 e. The van der Waals surface area contributed by atoms with Crippen LogP contribution in [0.15, 0.2) is 47.5 Å². The van der Waals surface area contributed by atoms with Crippen molar-refractivity contribution in [3.8, 4) is 11.9 Å². The van der Waals surface area contributed by atoms with Gasteiger partial charge in [0.1, 0.15) is 17.9 Å². The predicted molar refractivity (Wildman–Crippen MR) is 120 cm³/mol. The molecule has 1 aliphatic heterocycles. The Morgan fingerprint density at radius 1 is 1.33 bits per heavy atom. The second kappa shape index (κ2) is 10.0. The number of fused-ring (bicyclic) bond motifs is 1. The number of aliphatic hydroxyl groups excluding tert-OH is 1. The van der Waals surface area contributed by atoms with E-state index in [0.717, 1.165) is 0 Å². The second-order valence-electron chi connectivity index (χ2n) is 7.30. The Labute approximate surface area is 194 Å². The lowest BCUT2D eigenvalue weighted by Crippen LogP contribution is -2.59. The van der Waals surface area contributed by atoms with Gasteiger partial charge in [0, 0.05) is 42.6 Å². The standard InChI is InChI=1S/C21H22ClN5O6/c1-21(19(31-2)32-3)18(28)17(15-10-14(27(29)30)8-9-16(15)33-21)26-20(24-11-23)25-13-6-4-12(22)5-7-13/h4-10,17-19,28H,1-3H3,(H2,24,25,26)/t17-,18+,21+/m0/s1. The van der Waals surface area contributed by atoms with Gasteiger partial charge in [-0.2, -0.15) is 5.26 Å². The van der Waals surface area contributed by atoms with Crippen LogP contribution < -0.4 is 15.4 Å². The van der Waals surface area contributed by atoms with E-state index < -0.39 is 29.0 Å². The van der Waals surface area contributed by atoms with E-state index in [2.05, 4.69) is 15.6 Å². The van der Waals surface area contributed by atoms with Gasteiger partial charge < -0.3 is 24.6 Å². The minimum absolute atomic E-state index is 0.00281. The normalized spacial score (nSPS) is 22.2. The average Bonchev–Trinajstić information content (AvgIpc) is 2.79. The van der Waals surface area contributed by atoms with E-state index in [1.165, 1.54) is 32.4 Å². The molecule has 0 fully saturated rings. The van der Waals surface area contributed by atoms with E-state index in [-0.39, 0.29) is 23.0 Å². The summed E-state index contributed by atoms with van der Waals surface area (Å²) in [5, 5.41) is 37.7. The summed E-state index contributed by atoms with van der Waals surface area (Å²) in [5.74, 6) is 0.251. The molecule has 3 rings (SSSR count). The van der Waals surface area contributed by atoms with Gasteiger partial charge in [0.2, 0.25) is 5.96 Å². The number of nitrogens with zero attached hydrogens (tertiary/aromatic N) is 3. The highest BCUT2D eigenvalue weighted by atomic mass is 35.5. The van der Waals surface area contributed by atoms with Gasteiger partial charge in [0.25, 0.3) is 5.69 Å². The van der Waals surface area contributed by atoms with Gasteiger partial charge in [-0.1, -0.05) is 11.6 Å². The average molecular weight is 476 g/mol. The maximum Gasteiger partial charge on any atom is 0.270 e. The van der Waals surface area contributed by atoms with Crippen LogP contribution in [0.25, 0.3) is 0 Å². The number of rotatable bonds is 6. The summed E-state index contributed by atoms with van der Waals surface area (Å²) in [6.07, 6.45) is -0.587. The molecule has 0 bridgehead atoms. The van der Waals surface area contributed by atoms with Crippen LogP contribution >= 0.6 is 11.6 Å². The van der Waals surface area contributed by atoms with Gasteiger partial charge in [0.15, 0.2) is 18.1 Å². The Morgan fingerprint density at radius 3 is 2.58 bits per heavy atom. The number of non-ortho nitro benzene ring substituents is 1. The van der Waals surface area contributed by atoms with Crippen molar-refractivity contribution in [2.45, 2.75) is 31.0 Å². The molecule has 12 heteroatoms. The first-order valence-corrected chi connectivity index (χ1v) is 10.1. The molecule has 11 nitrogen and oxygen atoms in total. The molecular formula is C21H22ClN5O6. The van der Waals surface area contributed by atoms with Crippen molar-refractivity contribution in [1.29, 1.82) is 5.26 Å². The van der Waals surface area contributed by atoms with Crippen LogP contribution in [-0.2, 0) is 9.47 Å². The van der Waals surface area contributed by atoms with E-state index in [9.17, 15) is 20.5 Å². The first kappa shape index (κ1) is 24.2. The first-order valence-electron chi connectivity index (χ1n) is 9.70. The van der Waals surface area contributed by atoms with E-state index in [1.807, 2.05) is 0 Å². The Kier molecular flexibility index (Phi) is 7.35. The number of guanidine groups is 1. The third-order valence-corrected chi connectivity index (χ3v) is 5.44. The maximum atomic E-state index is 11.3. The highest BCUT2D eigenvalue weighted by Crippen LogP contribution is 2.45. The minimum Gasteiger partial charge on any atom is -0.479 e. The molecule has 0 saturated heterocycles. The third kappa shape index (κ3) is 4.99. The lowest BCUT2D eigenvalue weighted by atomic mass is 9.84. The Morgan fingerprint density at radius 2 is 2.00 bits per heavy atom. The number of anilines is 1. The first-order chi connectivity index (χ1) is 15.7. The number of methoxy groups -OCH3 is 2. The SMILES string of the molecule is COC(OC)[C@]1(C)Oc2ccc([N+](=O)[O-])cc2[C@H](N=C(NC#N)Nc2ccc(Cl)cc2)[C@H]1O. The molecule has 33 heavy (non-hydrogen) atoms. The third-order valence-electron chi connectivity index (χ3n) is 5.18. The van der Waals surface area contributed by atoms with Gasteiger partial charge in [0.05, 0.1) is 4.92 Å². The number of hydrogen-bond acceptors (Lipinski definition) is 8. The Bertz CT molecular complexity index is 1090. The minimum atomic E-state index is -1.43. The zero-order valence-electron chi connectivity index (χ0n) is 18.0. The summed E-state index contributed by atoms with van der Waals surface area (Å²) in [6, 6.07) is 9.54. The fraction of sp³-hybridized carbons (Fsp3) is 0.333. The van der Waals surface area contributed by atoms with E-state index in [0.29, 0.717) is 10.7 Å². The van der Waals surface area contributed by atoms with Crippen molar-refractivity contribution in [1.82, 2.24) is 5.32 Å². The highest BCUT2D eigenvalue weighted by Gasteiger charge is 2.52. The Balaban J connectivity index is 2.12. The Hall–Kier alpha value is -3.43.